The van der Waals surface area contributed by atoms with E-state index in [-0.39, 0.29) is 18.1 Å². The van der Waals surface area contributed by atoms with Gasteiger partial charge in [-0.1, -0.05) is 23.2 Å². The van der Waals surface area contributed by atoms with E-state index in [0.29, 0.717) is 32.8 Å². The van der Waals surface area contributed by atoms with E-state index < -0.39 is 5.97 Å². The zero-order valence-electron chi connectivity index (χ0n) is 14.1. The van der Waals surface area contributed by atoms with Gasteiger partial charge in [0.25, 0.3) is 0 Å². The highest BCUT2D eigenvalue weighted by molar-refractivity contribution is 6.36. The minimum atomic E-state index is -0.530. The summed E-state index contributed by atoms with van der Waals surface area (Å²) < 4.78 is 20.2. The average Bonchev–Trinajstić information content (AvgIpc) is 2.93. The lowest BCUT2D eigenvalue weighted by Crippen LogP contribution is -2.07. The number of halogens is 3. The van der Waals surface area contributed by atoms with Gasteiger partial charge in [0.2, 0.25) is 0 Å². The maximum Gasteiger partial charge on any atom is 0.358 e. The van der Waals surface area contributed by atoms with Crippen LogP contribution in [0.4, 0.5) is 4.39 Å². The summed E-state index contributed by atoms with van der Waals surface area (Å²) in [5.41, 5.74) is 1.99. The van der Waals surface area contributed by atoms with Crippen molar-refractivity contribution in [3.63, 3.8) is 0 Å². The van der Waals surface area contributed by atoms with Crippen molar-refractivity contribution in [3.8, 4) is 17.1 Å². The fourth-order valence-corrected chi connectivity index (χ4v) is 3.14. The van der Waals surface area contributed by atoms with E-state index in [1.54, 1.807) is 48.7 Å². The van der Waals surface area contributed by atoms with Crippen LogP contribution in [0.1, 0.15) is 23.1 Å². The molecule has 3 rings (SSSR count). The summed E-state index contributed by atoms with van der Waals surface area (Å²) in [7, 11) is 0. The topological polar surface area (TPSA) is 44.1 Å². The van der Waals surface area contributed by atoms with Gasteiger partial charge in [-0.05, 0) is 56.3 Å². The van der Waals surface area contributed by atoms with Crippen molar-refractivity contribution >= 4 is 29.2 Å². The monoisotopic (exact) mass is 392 g/mol. The normalized spacial score (nSPS) is 10.8. The molecule has 0 aliphatic carbocycles. The van der Waals surface area contributed by atoms with E-state index in [0.717, 1.165) is 0 Å². The van der Waals surface area contributed by atoms with E-state index in [4.69, 9.17) is 27.9 Å². The predicted molar refractivity (Wildman–Crippen MR) is 99.7 cm³/mol. The first-order valence-corrected chi connectivity index (χ1v) is 8.65. The Morgan fingerprint density at radius 2 is 1.88 bits per heavy atom. The molecule has 0 atom stereocenters. The summed E-state index contributed by atoms with van der Waals surface area (Å²) in [5.74, 6) is -0.445. The Hall–Kier alpha value is -2.37. The van der Waals surface area contributed by atoms with Crippen LogP contribution < -0.4 is 0 Å². The second-order valence-electron chi connectivity index (χ2n) is 5.53. The van der Waals surface area contributed by atoms with Gasteiger partial charge in [-0.3, -0.25) is 4.57 Å². The minimum absolute atomic E-state index is 0.178. The van der Waals surface area contributed by atoms with Gasteiger partial charge in [0.1, 0.15) is 11.6 Å². The first-order valence-electron chi connectivity index (χ1n) is 7.90. The van der Waals surface area contributed by atoms with Crippen molar-refractivity contribution in [1.82, 2.24) is 9.55 Å². The second kappa shape index (κ2) is 7.48. The maximum absolute atomic E-state index is 13.3. The SMILES string of the molecule is CCOC(=O)c1nc(-c2ccc(Cl)cc2Cl)n(-c2ccc(F)cc2)c1C. The maximum atomic E-state index is 13.3. The van der Waals surface area contributed by atoms with Crippen molar-refractivity contribution in [3.05, 3.63) is 69.7 Å². The van der Waals surface area contributed by atoms with Crippen LogP contribution in [0.3, 0.4) is 0 Å². The lowest BCUT2D eigenvalue weighted by Gasteiger charge is -2.11. The fraction of sp³-hybridized carbons (Fsp3) is 0.158. The van der Waals surface area contributed by atoms with Crippen LogP contribution in [0.25, 0.3) is 17.1 Å². The molecule has 0 fully saturated rings. The third kappa shape index (κ3) is 3.45. The summed E-state index contributed by atoms with van der Waals surface area (Å²) in [4.78, 5) is 16.7. The number of hydrogen-bond donors (Lipinski definition) is 0. The Kier molecular flexibility index (Phi) is 5.30. The Bertz CT molecular complexity index is 968. The molecule has 0 saturated carbocycles. The highest BCUT2D eigenvalue weighted by atomic mass is 35.5. The molecule has 0 aliphatic heterocycles. The molecule has 0 N–H and O–H groups in total. The first kappa shape index (κ1) is 18.4. The van der Waals surface area contributed by atoms with Crippen molar-refractivity contribution in [2.45, 2.75) is 13.8 Å². The van der Waals surface area contributed by atoms with Crippen LogP contribution in [0.5, 0.6) is 0 Å². The van der Waals surface area contributed by atoms with Crippen molar-refractivity contribution in [1.29, 1.82) is 0 Å². The van der Waals surface area contributed by atoms with E-state index in [1.165, 1.54) is 12.1 Å². The van der Waals surface area contributed by atoms with Gasteiger partial charge >= 0.3 is 5.97 Å². The number of benzene rings is 2. The van der Waals surface area contributed by atoms with Crippen LogP contribution in [0.15, 0.2) is 42.5 Å². The number of carbonyl (C=O) groups is 1. The Morgan fingerprint density at radius 1 is 1.19 bits per heavy atom. The van der Waals surface area contributed by atoms with Crippen LogP contribution in [0, 0.1) is 12.7 Å². The van der Waals surface area contributed by atoms with Gasteiger partial charge < -0.3 is 4.74 Å². The molecule has 1 aromatic heterocycles. The standard InChI is InChI=1S/C19H15Cl2FN2O2/c1-3-26-19(25)17-11(2)24(14-7-5-13(22)6-8-14)18(23-17)15-9-4-12(20)10-16(15)21/h4-10H,3H2,1-2H3. The lowest BCUT2D eigenvalue weighted by molar-refractivity contribution is 0.0519. The summed E-state index contributed by atoms with van der Waals surface area (Å²) in [6.45, 7) is 3.70. The van der Waals surface area contributed by atoms with E-state index in [9.17, 15) is 9.18 Å². The molecule has 26 heavy (non-hydrogen) atoms. The Balaban J connectivity index is 2.26. The van der Waals surface area contributed by atoms with Crippen LogP contribution in [0.2, 0.25) is 10.0 Å². The number of hydrogen-bond acceptors (Lipinski definition) is 3. The summed E-state index contributed by atoms with van der Waals surface area (Å²) in [5, 5.41) is 0.877. The molecule has 0 aliphatic rings. The number of aromatic nitrogens is 2. The minimum Gasteiger partial charge on any atom is -0.461 e. The predicted octanol–water partition coefficient (Wildman–Crippen LogP) is 5.47. The van der Waals surface area contributed by atoms with Gasteiger partial charge in [0.05, 0.1) is 17.3 Å². The number of esters is 1. The number of nitrogens with zero attached hydrogens (tertiary/aromatic N) is 2. The van der Waals surface area contributed by atoms with E-state index >= 15 is 0 Å². The molecule has 4 nitrogen and oxygen atoms in total. The van der Waals surface area contributed by atoms with E-state index in [1.807, 2.05) is 0 Å². The summed E-state index contributed by atoms with van der Waals surface area (Å²) in [6.07, 6.45) is 0. The van der Waals surface area contributed by atoms with Gasteiger partial charge in [-0.25, -0.2) is 14.2 Å². The quantitative estimate of drug-likeness (QED) is 0.552. The van der Waals surface area contributed by atoms with Crippen molar-refractivity contribution < 1.29 is 13.9 Å². The zero-order chi connectivity index (χ0) is 18.8. The van der Waals surface area contributed by atoms with Crippen LogP contribution in [-0.4, -0.2) is 22.1 Å². The molecule has 2 aromatic carbocycles. The van der Waals surface area contributed by atoms with Gasteiger partial charge in [-0.15, -0.1) is 0 Å². The fourth-order valence-electron chi connectivity index (χ4n) is 2.65. The molecule has 0 unspecified atom stereocenters. The molecule has 0 saturated heterocycles. The number of ether oxygens (including phenoxy) is 1. The molecule has 0 radical (unpaired) electrons. The van der Waals surface area contributed by atoms with Gasteiger partial charge in [0, 0.05) is 16.3 Å². The third-order valence-corrected chi connectivity index (χ3v) is 4.38. The van der Waals surface area contributed by atoms with Gasteiger partial charge in [-0.2, -0.15) is 0 Å². The first-order chi connectivity index (χ1) is 12.4. The Morgan fingerprint density at radius 3 is 2.50 bits per heavy atom. The van der Waals surface area contributed by atoms with Crippen molar-refractivity contribution in [2.75, 3.05) is 6.61 Å². The largest absolute Gasteiger partial charge is 0.461 e. The molecule has 3 aromatic rings. The zero-order valence-corrected chi connectivity index (χ0v) is 15.6. The van der Waals surface area contributed by atoms with Crippen LogP contribution >= 0.6 is 23.2 Å². The van der Waals surface area contributed by atoms with Crippen molar-refractivity contribution in [2.24, 2.45) is 0 Å². The highest BCUT2D eigenvalue weighted by Gasteiger charge is 2.23. The van der Waals surface area contributed by atoms with Crippen LogP contribution in [-0.2, 0) is 4.74 Å². The molecular weight excluding hydrogens is 378 g/mol. The molecule has 0 amide bonds. The Labute approximate surface area is 160 Å². The molecule has 134 valence electrons. The molecule has 0 spiro atoms. The van der Waals surface area contributed by atoms with E-state index in [2.05, 4.69) is 4.98 Å². The lowest BCUT2D eigenvalue weighted by atomic mass is 10.2. The summed E-state index contributed by atoms with van der Waals surface area (Å²) >= 11 is 12.3. The van der Waals surface area contributed by atoms with Gasteiger partial charge in [0.15, 0.2) is 5.69 Å². The number of rotatable bonds is 4. The molecule has 0 bridgehead atoms. The molecule has 7 heteroatoms. The summed E-state index contributed by atoms with van der Waals surface area (Å²) in [6, 6.07) is 10.9. The smallest absolute Gasteiger partial charge is 0.358 e. The molecule has 1 heterocycles. The average molecular weight is 393 g/mol. The highest BCUT2D eigenvalue weighted by Crippen LogP contribution is 2.33. The number of imidazole rings is 1. The third-order valence-electron chi connectivity index (χ3n) is 3.83. The number of carbonyl (C=O) groups excluding carboxylic acids is 1. The molecular formula is C19H15Cl2FN2O2. The second-order valence-corrected chi connectivity index (χ2v) is 6.37.